The number of nitrogens with one attached hydrogen (secondary N) is 2. The van der Waals surface area contributed by atoms with Crippen molar-refractivity contribution in [3.05, 3.63) is 187 Å². The van der Waals surface area contributed by atoms with Gasteiger partial charge in [0, 0.05) is 32.8 Å². The van der Waals surface area contributed by atoms with E-state index in [4.69, 9.17) is 10.8 Å². The number of para-hydroxylation sites is 2. The molecule has 6 nitrogen and oxygen atoms in total. The van der Waals surface area contributed by atoms with Crippen molar-refractivity contribution in [2.45, 2.75) is 12.3 Å². The van der Waals surface area contributed by atoms with Gasteiger partial charge < -0.3 is 15.7 Å². The highest BCUT2D eigenvalue weighted by Crippen LogP contribution is 2.37. The molecule has 7 aromatic carbocycles. The Morgan fingerprint density at radius 1 is 0.471 bits per heavy atom. The smallest absolute Gasteiger partial charge is 0.131 e. The first-order valence-electron chi connectivity index (χ1n) is 17.3. The average Bonchev–Trinajstić information content (AvgIpc) is 3.69. The largest absolute Gasteiger partial charge is 0.350 e. The molecule has 6 heteroatoms. The molecule has 0 radical (unpaired) electrons. The summed E-state index contributed by atoms with van der Waals surface area (Å²) in [4.78, 5) is 5.21. The topological polar surface area (TPSA) is 72.3 Å². The van der Waals surface area contributed by atoms with Gasteiger partial charge in [0.25, 0.3) is 0 Å². The van der Waals surface area contributed by atoms with Crippen molar-refractivity contribution in [1.29, 1.82) is 0 Å². The van der Waals surface area contributed by atoms with E-state index in [1.807, 2.05) is 18.2 Å². The maximum absolute atomic E-state index is 6.48. The van der Waals surface area contributed by atoms with Crippen molar-refractivity contribution >= 4 is 49.4 Å². The van der Waals surface area contributed by atoms with Gasteiger partial charge in [0.05, 0.1) is 22.1 Å². The van der Waals surface area contributed by atoms with Gasteiger partial charge in [-0.25, -0.2) is 4.99 Å². The predicted molar refractivity (Wildman–Crippen MR) is 211 cm³/mol. The Bertz CT molecular complexity index is 2780. The third kappa shape index (κ3) is 4.88. The van der Waals surface area contributed by atoms with Crippen molar-refractivity contribution in [3.8, 4) is 16.8 Å². The molecule has 0 amide bonds. The summed E-state index contributed by atoms with van der Waals surface area (Å²) in [6.45, 7) is 0. The zero-order valence-electron chi connectivity index (χ0n) is 27.7. The molecule has 0 bridgehead atoms. The maximum Gasteiger partial charge on any atom is 0.131 e. The molecule has 1 aliphatic rings. The summed E-state index contributed by atoms with van der Waals surface area (Å²) in [5.41, 5.74) is 11.1. The fourth-order valence-corrected chi connectivity index (χ4v) is 7.73. The minimum Gasteiger partial charge on any atom is -0.350 e. The Hall–Kier alpha value is -6.63. The van der Waals surface area contributed by atoms with Crippen LogP contribution >= 0.6 is 0 Å². The van der Waals surface area contributed by atoms with Crippen LogP contribution in [-0.4, -0.2) is 15.1 Å². The normalized spacial score (nSPS) is 16.1. The molecular formula is C45H34N6. The van der Waals surface area contributed by atoms with Crippen LogP contribution in [0.5, 0.6) is 0 Å². The lowest BCUT2D eigenvalue weighted by atomic mass is 10.0. The fraction of sp³-hybridized carbons (Fsp3) is 0.0444. The quantitative estimate of drug-likeness (QED) is 0.161. The summed E-state index contributed by atoms with van der Waals surface area (Å²) >= 11 is 0. The average molecular weight is 659 g/mol. The second-order valence-electron chi connectivity index (χ2n) is 13.2. The third-order valence-electron chi connectivity index (χ3n) is 10.2. The van der Waals surface area contributed by atoms with Crippen LogP contribution in [0.15, 0.2) is 175 Å². The van der Waals surface area contributed by atoms with Crippen molar-refractivity contribution in [1.82, 2.24) is 19.9 Å². The predicted octanol–water partition coefficient (Wildman–Crippen LogP) is 9.61. The van der Waals surface area contributed by atoms with E-state index in [1.54, 1.807) is 4.68 Å². The fourth-order valence-electron chi connectivity index (χ4n) is 7.73. The summed E-state index contributed by atoms with van der Waals surface area (Å²) in [7, 11) is 0. The van der Waals surface area contributed by atoms with Crippen LogP contribution < -0.4 is 16.5 Å². The Morgan fingerprint density at radius 2 is 1.04 bits per heavy atom. The molecule has 3 heterocycles. The van der Waals surface area contributed by atoms with Gasteiger partial charge in [-0.3, -0.25) is 9.99 Å². The monoisotopic (exact) mass is 658 g/mol. The Balaban J connectivity index is 1.08. The molecule has 0 fully saturated rings. The zero-order chi connectivity index (χ0) is 33.9. The van der Waals surface area contributed by atoms with Crippen LogP contribution in [-0.2, 0) is 0 Å². The molecular weight excluding hydrogens is 625 g/mol. The number of aromatic nitrogens is 2. The van der Waals surface area contributed by atoms with Crippen LogP contribution in [0.4, 0.5) is 0 Å². The second kappa shape index (κ2) is 11.8. The molecule has 0 saturated heterocycles. The van der Waals surface area contributed by atoms with Crippen molar-refractivity contribution in [2.24, 2.45) is 4.99 Å². The lowest BCUT2D eigenvalue weighted by Crippen LogP contribution is -2.44. The lowest BCUT2D eigenvalue weighted by molar-refractivity contribution is 0.409. The molecule has 2 atom stereocenters. The maximum atomic E-state index is 6.48. The van der Waals surface area contributed by atoms with E-state index in [2.05, 4.69) is 167 Å². The minimum absolute atomic E-state index is 0.0974. The molecule has 10 rings (SSSR count). The Kier molecular flexibility index (Phi) is 6.76. The third-order valence-corrected chi connectivity index (χ3v) is 10.2. The lowest BCUT2D eigenvalue weighted by Gasteiger charge is -2.32. The van der Waals surface area contributed by atoms with Gasteiger partial charge in [0.2, 0.25) is 0 Å². The van der Waals surface area contributed by atoms with Crippen LogP contribution in [0.3, 0.4) is 0 Å². The molecule has 0 saturated carbocycles. The van der Waals surface area contributed by atoms with Crippen molar-refractivity contribution < 1.29 is 0 Å². The first-order valence-corrected chi connectivity index (χ1v) is 17.3. The molecule has 4 N–H and O–H groups in total. The van der Waals surface area contributed by atoms with E-state index >= 15 is 0 Å². The highest BCUT2D eigenvalue weighted by Gasteiger charge is 2.25. The van der Waals surface area contributed by atoms with Crippen LogP contribution in [0.25, 0.3) is 60.4 Å². The molecule has 2 aromatic heterocycles. The van der Waals surface area contributed by atoms with Gasteiger partial charge in [0.15, 0.2) is 0 Å². The summed E-state index contributed by atoms with van der Waals surface area (Å²) in [6, 6.07) is 60.0. The molecule has 51 heavy (non-hydrogen) atoms. The summed E-state index contributed by atoms with van der Waals surface area (Å²) in [5, 5.41) is 12.1. The Labute approximate surface area is 295 Å². The number of hydrogen-bond donors (Lipinski definition) is 3. The number of amidine groups is 1. The molecule has 1 aliphatic heterocycles. The number of benzene rings is 7. The van der Waals surface area contributed by atoms with E-state index in [1.165, 1.54) is 16.3 Å². The van der Waals surface area contributed by atoms with E-state index in [9.17, 15) is 0 Å². The van der Waals surface area contributed by atoms with Crippen LogP contribution in [0.2, 0.25) is 0 Å². The summed E-state index contributed by atoms with van der Waals surface area (Å²) < 4.78 is 4.15. The highest BCUT2D eigenvalue weighted by molar-refractivity contribution is 6.12. The number of fused-ring (bicyclic) bond motifs is 6. The molecule has 0 spiro atoms. The van der Waals surface area contributed by atoms with Gasteiger partial charge in [-0.05, 0) is 70.8 Å². The summed E-state index contributed by atoms with van der Waals surface area (Å²) in [5.74, 6) is 7.34. The van der Waals surface area contributed by atoms with Gasteiger partial charge in [-0.1, -0.05) is 121 Å². The number of rotatable bonds is 5. The van der Waals surface area contributed by atoms with Gasteiger partial charge in [-0.2, -0.15) is 0 Å². The number of nitrogen functional groups attached to an aromatic ring is 1. The van der Waals surface area contributed by atoms with Crippen LogP contribution in [0.1, 0.15) is 29.0 Å². The zero-order valence-corrected chi connectivity index (χ0v) is 27.7. The number of hydrogen-bond acceptors (Lipinski definition) is 4. The minimum atomic E-state index is -0.191. The molecule has 244 valence electrons. The Morgan fingerprint density at radius 3 is 1.78 bits per heavy atom. The van der Waals surface area contributed by atoms with E-state index in [0.29, 0.717) is 0 Å². The van der Waals surface area contributed by atoms with Crippen molar-refractivity contribution in [2.75, 3.05) is 5.84 Å². The van der Waals surface area contributed by atoms with Crippen LogP contribution in [0, 0.1) is 0 Å². The van der Waals surface area contributed by atoms with E-state index < -0.39 is 0 Å². The van der Waals surface area contributed by atoms with Gasteiger partial charge in [-0.15, -0.1) is 0 Å². The number of nitrogens with zero attached hydrogens (tertiary/aromatic N) is 3. The first-order chi connectivity index (χ1) is 25.2. The second-order valence-corrected chi connectivity index (χ2v) is 13.2. The number of nitrogens with two attached hydrogens (primary N) is 1. The number of aliphatic imine (C=N–C) groups is 1. The highest BCUT2D eigenvalue weighted by atomic mass is 15.3. The molecule has 0 aliphatic carbocycles. The van der Waals surface area contributed by atoms with E-state index in [-0.39, 0.29) is 12.3 Å². The molecule has 9 aromatic rings. The van der Waals surface area contributed by atoms with Crippen molar-refractivity contribution in [3.63, 3.8) is 0 Å². The standard InChI is InChI=1S/C45H34N6/c46-51-41-21-10-8-19-36(41)38-28-32(23-25-42(38)51)31-22-24-40-37(27-31)35-18-7-9-20-39(35)50(40)34-17-11-16-33(26-34)45-48-43(29-12-3-1-4-13-29)47-44(49-45)30-14-5-2-6-15-30/h1-28,43-44,47H,46H2,(H,48,49). The first kappa shape index (κ1) is 29.3. The summed E-state index contributed by atoms with van der Waals surface area (Å²) in [6.07, 6.45) is -0.288. The SMILES string of the molecule is Nn1c2ccccc2c2cc(-c3ccc4c(c3)c3ccccc3n4-c3cccc(C4=NC(c5ccccc5)NC(c5ccccc5)N4)c3)ccc21. The van der Waals surface area contributed by atoms with E-state index in [0.717, 1.165) is 66.6 Å². The molecule has 2 unspecified atom stereocenters. The van der Waals surface area contributed by atoms with Gasteiger partial charge in [0.1, 0.15) is 18.2 Å². The van der Waals surface area contributed by atoms with Gasteiger partial charge >= 0.3 is 0 Å².